The van der Waals surface area contributed by atoms with Crippen molar-refractivity contribution in [1.82, 2.24) is 0 Å². The van der Waals surface area contributed by atoms with Crippen LogP contribution in [0.15, 0.2) is 65.3 Å². The SMILES string of the molecule is COc1cc(CC(N)c2ccco2)ccc1OCc1cccc(Cl)c1. The van der Waals surface area contributed by atoms with Gasteiger partial charge in [0.2, 0.25) is 0 Å². The lowest BCUT2D eigenvalue weighted by Gasteiger charge is -2.14. The Morgan fingerprint density at radius 2 is 1.92 bits per heavy atom. The van der Waals surface area contributed by atoms with Crippen LogP contribution in [0, 0.1) is 0 Å². The Morgan fingerprint density at radius 1 is 1.04 bits per heavy atom. The van der Waals surface area contributed by atoms with Crippen LogP contribution < -0.4 is 15.2 Å². The smallest absolute Gasteiger partial charge is 0.161 e. The largest absolute Gasteiger partial charge is 0.493 e. The molecule has 2 aromatic carbocycles. The molecule has 0 saturated carbocycles. The Balaban J connectivity index is 1.69. The van der Waals surface area contributed by atoms with Gasteiger partial charge in [0.1, 0.15) is 12.4 Å². The maximum Gasteiger partial charge on any atom is 0.161 e. The van der Waals surface area contributed by atoms with Crippen molar-refractivity contribution in [1.29, 1.82) is 0 Å². The summed E-state index contributed by atoms with van der Waals surface area (Å²) in [4.78, 5) is 0. The van der Waals surface area contributed by atoms with Crippen LogP contribution in [0.25, 0.3) is 0 Å². The second kappa shape index (κ2) is 8.10. The number of furan rings is 1. The highest BCUT2D eigenvalue weighted by atomic mass is 35.5. The maximum atomic E-state index is 6.17. The van der Waals surface area contributed by atoms with Gasteiger partial charge in [-0.05, 0) is 53.9 Å². The van der Waals surface area contributed by atoms with Crippen LogP contribution in [-0.2, 0) is 13.0 Å². The Labute approximate surface area is 152 Å². The third kappa shape index (κ3) is 4.56. The summed E-state index contributed by atoms with van der Waals surface area (Å²) in [5.41, 5.74) is 8.22. The minimum absolute atomic E-state index is 0.196. The molecule has 0 saturated heterocycles. The summed E-state index contributed by atoms with van der Waals surface area (Å²) in [6, 6.07) is 16.9. The molecule has 0 aliphatic rings. The van der Waals surface area contributed by atoms with Gasteiger partial charge in [-0.15, -0.1) is 0 Å². The van der Waals surface area contributed by atoms with E-state index in [0.29, 0.717) is 29.5 Å². The van der Waals surface area contributed by atoms with E-state index in [-0.39, 0.29) is 6.04 Å². The van der Waals surface area contributed by atoms with Crippen molar-refractivity contribution in [2.24, 2.45) is 5.73 Å². The van der Waals surface area contributed by atoms with Crippen molar-refractivity contribution in [2.75, 3.05) is 7.11 Å². The van der Waals surface area contributed by atoms with Crippen LogP contribution in [0.4, 0.5) is 0 Å². The van der Waals surface area contributed by atoms with E-state index in [0.717, 1.165) is 16.9 Å². The van der Waals surface area contributed by atoms with E-state index in [2.05, 4.69) is 0 Å². The zero-order valence-corrected chi connectivity index (χ0v) is 14.7. The molecule has 1 heterocycles. The Morgan fingerprint density at radius 3 is 2.64 bits per heavy atom. The van der Waals surface area contributed by atoms with Gasteiger partial charge in [-0.2, -0.15) is 0 Å². The lowest BCUT2D eigenvalue weighted by molar-refractivity contribution is 0.284. The average Bonchev–Trinajstić information content (AvgIpc) is 3.15. The molecule has 1 unspecified atom stereocenters. The second-order valence-electron chi connectivity index (χ2n) is 5.73. The number of methoxy groups -OCH3 is 1. The Hall–Kier alpha value is -2.43. The minimum Gasteiger partial charge on any atom is -0.493 e. The molecule has 0 aliphatic carbocycles. The summed E-state index contributed by atoms with van der Waals surface area (Å²) in [6.45, 7) is 0.419. The van der Waals surface area contributed by atoms with Crippen molar-refractivity contribution < 1.29 is 13.9 Å². The van der Waals surface area contributed by atoms with E-state index in [4.69, 9.17) is 31.2 Å². The van der Waals surface area contributed by atoms with E-state index < -0.39 is 0 Å². The molecule has 0 fully saturated rings. The zero-order chi connectivity index (χ0) is 17.6. The van der Waals surface area contributed by atoms with Crippen LogP contribution in [0.5, 0.6) is 11.5 Å². The summed E-state index contributed by atoms with van der Waals surface area (Å²) in [6.07, 6.45) is 2.28. The quantitative estimate of drug-likeness (QED) is 0.662. The van der Waals surface area contributed by atoms with Crippen LogP contribution in [0.3, 0.4) is 0 Å². The van der Waals surface area contributed by atoms with Gasteiger partial charge < -0.3 is 19.6 Å². The molecule has 4 nitrogen and oxygen atoms in total. The van der Waals surface area contributed by atoms with Gasteiger partial charge in [-0.25, -0.2) is 0 Å². The van der Waals surface area contributed by atoms with Crippen molar-refractivity contribution in [3.05, 3.63) is 82.8 Å². The molecule has 5 heteroatoms. The number of halogens is 1. The molecule has 130 valence electrons. The molecule has 0 amide bonds. The third-order valence-corrected chi connectivity index (χ3v) is 4.11. The van der Waals surface area contributed by atoms with Gasteiger partial charge >= 0.3 is 0 Å². The first-order valence-electron chi connectivity index (χ1n) is 7.99. The molecule has 0 spiro atoms. The first-order valence-corrected chi connectivity index (χ1v) is 8.36. The molecule has 1 aromatic heterocycles. The number of nitrogens with two attached hydrogens (primary N) is 1. The molecule has 0 radical (unpaired) electrons. The molecule has 3 aromatic rings. The molecule has 0 bridgehead atoms. The van der Waals surface area contributed by atoms with E-state index in [9.17, 15) is 0 Å². The fourth-order valence-corrected chi connectivity index (χ4v) is 2.82. The molecule has 2 N–H and O–H groups in total. The first-order chi connectivity index (χ1) is 12.2. The number of benzene rings is 2. The van der Waals surface area contributed by atoms with Gasteiger partial charge in [0.25, 0.3) is 0 Å². The number of ether oxygens (including phenoxy) is 2. The third-order valence-electron chi connectivity index (χ3n) is 3.88. The standard InChI is InChI=1S/C20H20ClNO3/c1-23-20-12-14(11-17(22)18-6-3-9-24-18)7-8-19(20)25-13-15-4-2-5-16(21)10-15/h2-10,12,17H,11,13,22H2,1H3. The molecule has 1 atom stereocenters. The molecular weight excluding hydrogens is 338 g/mol. The molecule has 25 heavy (non-hydrogen) atoms. The van der Waals surface area contributed by atoms with E-state index >= 15 is 0 Å². The normalized spacial score (nSPS) is 12.0. The van der Waals surface area contributed by atoms with Gasteiger partial charge in [-0.3, -0.25) is 0 Å². The lowest BCUT2D eigenvalue weighted by Crippen LogP contribution is -2.12. The highest BCUT2D eigenvalue weighted by Crippen LogP contribution is 2.30. The van der Waals surface area contributed by atoms with Gasteiger partial charge in [0.05, 0.1) is 19.4 Å². The summed E-state index contributed by atoms with van der Waals surface area (Å²) in [5.74, 6) is 2.12. The lowest BCUT2D eigenvalue weighted by atomic mass is 10.0. The zero-order valence-electron chi connectivity index (χ0n) is 13.9. The summed E-state index contributed by atoms with van der Waals surface area (Å²) in [7, 11) is 1.62. The van der Waals surface area contributed by atoms with E-state index in [1.807, 2.05) is 54.6 Å². The van der Waals surface area contributed by atoms with Gasteiger partial charge in [0, 0.05) is 5.02 Å². The van der Waals surface area contributed by atoms with Gasteiger partial charge in [0.15, 0.2) is 11.5 Å². The van der Waals surface area contributed by atoms with Crippen molar-refractivity contribution in [3.63, 3.8) is 0 Å². The van der Waals surface area contributed by atoms with Crippen molar-refractivity contribution in [2.45, 2.75) is 19.1 Å². The molecule has 3 rings (SSSR count). The fraction of sp³-hybridized carbons (Fsp3) is 0.200. The maximum absolute atomic E-state index is 6.17. The van der Waals surface area contributed by atoms with E-state index in [1.54, 1.807) is 13.4 Å². The summed E-state index contributed by atoms with van der Waals surface area (Å²) >= 11 is 6.00. The highest BCUT2D eigenvalue weighted by Gasteiger charge is 2.12. The first kappa shape index (κ1) is 17.4. The molecular formula is C20H20ClNO3. The van der Waals surface area contributed by atoms with E-state index in [1.165, 1.54) is 0 Å². The number of hydrogen-bond acceptors (Lipinski definition) is 4. The Bertz CT molecular complexity index is 818. The monoisotopic (exact) mass is 357 g/mol. The summed E-state index contributed by atoms with van der Waals surface area (Å²) < 4.78 is 16.7. The highest BCUT2D eigenvalue weighted by molar-refractivity contribution is 6.30. The number of rotatable bonds is 7. The fourth-order valence-electron chi connectivity index (χ4n) is 2.60. The topological polar surface area (TPSA) is 57.6 Å². The summed E-state index contributed by atoms with van der Waals surface area (Å²) in [5, 5.41) is 0.690. The Kier molecular flexibility index (Phi) is 5.64. The predicted molar refractivity (Wildman–Crippen MR) is 98.1 cm³/mol. The second-order valence-corrected chi connectivity index (χ2v) is 6.17. The van der Waals surface area contributed by atoms with Crippen LogP contribution in [0.1, 0.15) is 22.9 Å². The van der Waals surface area contributed by atoms with Crippen molar-refractivity contribution in [3.8, 4) is 11.5 Å². The van der Waals surface area contributed by atoms with Crippen LogP contribution in [-0.4, -0.2) is 7.11 Å². The predicted octanol–water partition coefficient (Wildman–Crippen LogP) is 4.76. The van der Waals surface area contributed by atoms with Crippen LogP contribution >= 0.6 is 11.6 Å². The number of hydrogen-bond donors (Lipinski definition) is 1. The van der Waals surface area contributed by atoms with Gasteiger partial charge in [-0.1, -0.05) is 29.8 Å². The molecule has 0 aliphatic heterocycles. The van der Waals surface area contributed by atoms with Crippen molar-refractivity contribution >= 4 is 11.6 Å². The average molecular weight is 358 g/mol. The minimum atomic E-state index is -0.196. The van der Waals surface area contributed by atoms with Crippen LogP contribution in [0.2, 0.25) is 5.02 Å².